The molecule has 0 aliphatic carbocycles. The second-order valence-corrected chi connectivity index (χ2v) is 4.15. The molecule has 2 heterocycles. The molecule has 0 radical (unpaired) electrons. The van der Waals surface area contributed by atoms with Gasteiger partial charge in [0.2, 0.25) is 0 Å². The summed E-state index contributed by atoms with van der Waals surface area (Å²) in [6.45, 7) is 6.44. The molecule has 1 atom stereocenters. The van der Waals surface area contributed by atoms with Gasteiger partial charge in [0, 0.05) is 31.7 Å². The van der Waals surface area contributed by atoms with Crippen LogP contribution in [0.3, 0.4) is 0 Å². The van der Waals surface area contributed by atoms with E-state index in [0.717, 1.165) is 37.7 Å². The number of likely N-dealkylation sites (N-methyl/N-ethyl adjacent to an activating group) is 1. The van der Waals surface area contributed by atoms with Crippen LogP contribution in [0.1, 0.15) is 6.42 Å². The lowest BCUT2D eigenvalue weighted by Crippen LogP contribution is -2.29. The van der Waals surface area contributed by atoms with Crippen molar-refractivity contribution in [2.24, 2.45) is 0 Å². The molecule has 0 amide bonds. The first kappa shape index (κ1) is 11.9. The Kier molecular flexibility index (Phi) is 3.93. The maximum Gasteiger partial charge on any atom is 0.134 e. The van der Waals surface area contributed by atoms with E-state index in [2.05, 4.69) is 32.1 Å². The largest absolute Gasteiger partial charge is 0.366 e. The zero-order valence-corrected chi connectivity index (χ0v) is 10.2. The first-order chi connectivity index (χ1) is 8.33. The first-order valence-corrected chi connectivity index (χ1v) is 5.92. The summed E-state index contributed by atoms with van der Waals surface area (Å²) in [5, 5.41) is 6.47. The van der Waals surface area contributed by atoms with Crippen molar-refractivity contribution in [3.63, 3.8) is 0 Å². The highest BCUT2D eigenvalue weighted by Crippen LogP contribution is 2.19. The van der Waals surface area contributed by atoms with Crippen LogP contribution in [0.5, 0.6) is 0 Å². The normalized spacial score (nSPS) is 19.4. The second kappa shape index (κ2) is 5.63. The fraction of sp³-hybridized carbons (Fsp3) is 0.500. The monoisotopic (exact) mass is 233 g/mol. The average Bonchev–Trinajstić information content (AvgIpc) is 2.85. The van der Waals surface area contributed by atoms with Crippen molar-refractivity contribution in [3.8, 4) is 0 Å². The summed E-state index contributed by atoms with van der Waals surface area (Å²) in [5.41, 5.74) is 0. The molecule has 1 saturated heterocycles. The van der Waals surface area contributed by atoms with Crippen LogP contribution < -0.4 is 15.5 Å². The molecule has 92 valence electrons. The molecule has 0 bridgehead atoms. The smallest absolute Gasteiger partial charge is 0.134 e. The third kappa shape index (κ3) is 2.94. The van der Waals surface area contributed by atoms with E-state index in [1.54, 1.807) is 6.33 Å². The van der Waals surface area contributed by atoms with E-state index in [1.165, 1.54) is 0 Å². The lowest BCUT2D eigenvalue weighted by atomic mass is 10.3. The minimum atomic E-state index is 0.564. The minimum Gasteiger partial charge on any atom is -0.366 e. The highest BCUT2D eigenvalue weighted by molar-refractivity contribution is 5.49. The molecule has 0 spiro atoms. The van der Waals surface area contributed by atoms with Gasteiger partial charge in [0.25, 0.3) is 0 Å². The Morgan fingerprint density at radius 2 is 2.47 bits per heavy atom. The van der Waals surface area contributed by atoms with Crippen LogP contribution in [-0.4, -0.2) is 42.7 Å². The van der Waals surface area contributed by atoms with E-state index in [0.29, 0.717) is 6.04 Å². The minimum absolute atomic E-state index is 0.564. The summed E-state index contributed by atoms with van der Waals surface area (Å²) in [6.07, 6.45) is 4.58. The zero-order valence-electron chi connectivity index (χ0n) is 10.2. The van der Waals surface area contributed by atoms with Crippen LogP contribution >= 0.6 is 0 Å². The molecule has 1 aromatic rings. The molecule has 17 heavy (non-hydrogen) atoms. The second-order valence-electron chi connectivity index (χ2n) is 4.15. The van der Waals surface area contributed by atoms with Crippen molar-refractivity contribution in [1.82, 2.24) is 15.3 Å². The number of hydrogen-bond donors (Lipinski definition) is 2. The maximum atomic E-state index is 4.32. The number of nitrogens with one attached hydrogen (secondary N) is 2. The van der Waals surface area contributed by atoms with Gasteiger partial charge in [-0.15, -0.1) is 6.58 Å². The average molecular weight is 233 g/mol. The van der Waals surface area contributed by atoms with E-state index < -0.39 is 0 Å². The van der Waals surface area contributed by atoms with Crippen molar-refractivity contribution in [1.29, 1.82) is 0 Å². The Hall–Kier alpha value is -1.62. The fourth-order valence-corrected chi connectivity index (χ4v) is 2.00. The van der Waals surface area contributed by atoms with Gasteiger partial charge in [-0.05, 0) is 13.5 Å². The van der Waals surface area contributed by atoms with Crippen molar-refractivity contribution in [3.05, 3.63) is 25.0 Å². The fourth-order valence-electron chi connectivity index (χ4n) is 2.00. The summed E-state index contributed by atoms with van der Waals surface area (Å²) in [6, 6.07) is 2.55. The predicted molar refractivity (Wildman–Crippen MR) is 70.4 cm³/mol. The van der Waals surface area contributed by atoms with Crippen LogP contribution in [-0.2, 0) is 0 Å². The Bertz CT molecular complexity index is 379. The molecule has 2 N–H and O–H groups in total. The predicted octanol–water partition coefficient (Wildman–Crippen LogP) is 0.873. The maximum absolute atomic E-state index is 4.32. The van der Waals surface area contributed by atoms with Crippen molar-refractivity contribution < 1.29 is 0 Å². The molecule has 2 rings (SSSR count). The first-order valence-electron chi connectivity index (χ1n) is 5.92. The number of anilines is 2. The number of hydrogen-bond acceptors (Lipinski definition) is 5. The molecule has 1 fully saturated rings. The molecule has 0 saturated carbocycles. The van der Waals surface area contributed by atoms with Crippen LogP contribution in [0.25, 0.3) is 0 Å². The van der Waals surface area contributed by atoms with Gasteiger partial charge < -0.3 is 15.5 Å². The van der Waals surface area contributed by atoms with Gasteiger partial charge >= 0.3 is 0 Å². The lowest BCUT2D eigenvalue weighted by molar-refractivity contribution is 0.616. The van der Waals surface area contributed by atoms with Crippen LogP contribution in [0, 0.1) is 0 Å². The van der Waals surface area contributed by atoms with Gasteiger partial charge in [0.05, 0.1) is 0 Å². The van der Waals surface area contributed by atoms with E-state index in [4.69, 9.17) is 0 Å². The standard InChI is InChI=1S/C12H19N5/c1-3-5-14-11-7-12(16-9-15-11)17-6-4-10(8-17)13-2/h3,7,9-10,13H,1,4-6,8H2,2H3,(H,14,15,16). The number of nitrogens with zero attached hydrogens (tertiary/aromatic N) is 3. The summed E-state index contributed by atoms with van der Waals surface area (Å²) < 4.78 is 0. The summed E-state index contributed by atoms with van der Waals surface area (Å²) in [5.74, 6) is 1.84. The molecule has 0 aromatic carbocycles. The molecule has 1 aliphatic heterocycles. The van der Waals surface area contributed by atoms with Crippen LogP contribution in [0.2, 0.25) is 0 Å². The van der Waals surface area contributed by atoms with Gasteiger partial charge in [-0.2, -0.15) is 0 Å². The Morgan fingerprint density at radius 3 is 3.18 bits per heavy atom. The highest BCUT2D eigenvalue weighted by atomic mass is 15.2. The van der Waals surface area contributed by atoms with E-state index in [-0.39, 0.29) is 0 Å². The number of aromatic nitrogens is 2. The Balaban J connectivity index is 2.03. The highest BCUT2D eigenvalue weighted by Gasteiger charge is 2.22. The van der Waals surface area contributed by atoms with Gasteiger partial charge in [0.1, 0.15) is 18.0 Å². The third-order valence-electron chi connectivity index (χ3n) is 3.00. The van der Waals surface area contributed by atoms with Gasteiger partial charge in [-0.25, -0.2) is 9.97 Å². The molecule has 1 aliphatic rings. The molecule has 5 heteroatoms. The van der Waals surface area contributed by atoms with Crippen LogP contribution in [0.4, 0.5) is 11.6 Å². The van der Waals surface area contributed by atoms with Gasteiger partial charge in [-0.3, -0.25) is 0 Å². The quantitative estimate of drug-likeness (QED) is 0.739. The summed E-state index contributed by atoms with van der Waals surface area (Å²) in [4.78, 5) is 10.8. The lowest BCUT2D eigenvalue weighted by Gasteiger charge is -2.17. The summed E-state index contributed by atoms with van der Waals surface area (Å²) in [7, 11) is 2.01. The Morgan fingerprint density at radius 1 is 1.59 bits per heavy atom. The third-order valence-corrected chi connectivity index (χ3v) is 3.00. The van der Waals surface area contributed by atoms with E-state index >= 15 is 0 Å². The zero-order chi connectivity index (χ0) is 12.1. The SMILES string of the molecule is C=CCNc1cc(N2CCC(NC)C2)ncn1. The van der Waals surface area contributed by atoms with Crippen molar-refractivity contribution >= 4 is 11.6 Å². The Labute approximate surface area is 102 Å². The van der Waals surface area contributed by atoms with E-state index in [1.807, 2.05) is 19.2 Å². The molecule has 1 aromatic heterocycles. The molecule has 5 nitrogen and oxygen atoms in total. The molecular formula is C12H19N5. The number of rotatable bonds is 5. The van der Waals surface area contributed by atoms with Crippen LogP contribution in [0.15, 0.2) is 25.0 Å². The summed E-state index contributed by atoms with van der Waals surface area (Å²) >= 11 is 0. The van der Waals surface area contributed by atoms with Crippen molar-refractivity contribution in [2.45, 2.75) is 12.5 Å². The van der Waals surface area contributed by atoms with Gasteiger partial charge in [-0.1, -0.05) is 6.08 Å². The molecule has 1 unspecified atom stereocenters. The van der Waals surface area contributed by atoms with Gasteiger partial charge in [0.15, 0.2) is 0 Å². The van der Waals surface area contributed by atoms with Crippen molar-refractivity contribution in [2.75, 3.05) is 36.9 Å². The van der Waals surface area contributed by atoms with E-state index in [9.17, 15) is 0 Å². The molecular weight excluding hydrogens is 214 g/mol. The topological polar surface area (TPSA) is 53.1 Å².